The molecule has 10 heteroatoms. The Bertz CT molecular complexity index is 813. The Labute approximate surface area is 177 Å². The molecule has 1 aromatic rings. The Balaban J connectivity index is 2.23. The zero-order chi connectivity index (χ0) is 22.3. The van der Waals surface area contributed by atoms with E-state index in [0.29, 0.717) is 17.7 Å². The second kappa shape index (κ2) is 10.2. The number of amides is 1. The van der Waals surface area contributed by atoms with Gasteiger partial charge in [0.1, 0.15) is 17.7 Å². The van der Waals surface area contributed by atoms with E-state index in [1.807, 2.05) is 14.0 Å². The van der Waals surface area contributed by atoms with Crippen LogP contribution in [-0.4, -0.2) is 58.8 Å². The normalized spacial score (nSPS) is 21.7. The molecule has 2 unspecified atom stereocenters. The van der Waals surface area contributed by atoms with E-state index in [4.69, 9.17) is 22.6 Å². The molecular formula is C20H34N9O+. The van der Waals surface area contributed by atoms with Gasteiger partial charge < -0.3 is 33.2 Å². The molecule has 164 valence electrons. The van der Waals surface area contributed by atoms with Gasteiger partial charge in [0.2, 0.25) is 5.95 Å². The van der Waals surface area contributed by atoms with Crippen LogP contribution in [0.25, 0.3) is 0 Å². The number of hydrogen-bond donors (Lipinski definition) is 6. The Morgan fingerprint density at radius 2 is 2.00 bits per heavy atom. The first-order chi connectivity index (χ1) is 14.3. The second-order valence-electron chi connectivity index (χ2n) is 7.62. The highest BCUT2D eigenvalue weighted by atomic mass is 16.2. The van der Waals surface area contributed by atoms with Crippen LogP contribution in [0.15, 0.2) is 24.6 Å². The van der Waals surface area contributed by atoms with Gasteiger partial charge in [-0.2, -0.15) is 9.97 Å². The first-order valence-electron chi connectivity index (χ1n) is 10.2. The molecule has 10 nitrogen and oxygen atoms in total. The van der Waals surface area contributed by atoms with Crippen molar-refractivity contribution in [1.82, 2.24) is 15.3 Å². The first kappa shape index (κ1) is 23.3. The molecule has 2 heterocycles. The molecule has 30 heavy (non-hydrogen) atoms. The fraction of sp³-hybridized carbons (Fsp3) is 0.500. The molecule has 1 aliphatic rings. The molecule has 1 amide bonds. The maximum atomic E-state index is 12.5. The van der Waals surface area contributed by atoms with Gasteiger partial charge in [-0.3, -0.25) is 4.48 Å². The Morgan fingerprint density at radius 3 is 2.57 bits per heavy atom. The highest BCUT2D eigenvalue weighted by molar-refractivity contribution is 6.06. The summed E-state index contributed by atoms with van der Waals surface area (Å²) >= 11 is 0. The molecule has 0 aliphatic carbocycles. The van der Waals surface area contributed by atoms with Crippen molar-refractivity contribution in [2.45, 2.75) is 38.6 Å². The molecule has 1 aliphatic heterocycles. The Morgan fingerprint density at radius 1 is 1.33 bits per heavy atom. The number of hydrogen-bond acceptors (Lipinski definition) is 9. The van der Waals surface area contributed by atoms with Crippen molar-refractivity contribution in [1.29, 1.82) is 5.41 Å². The third-order valence-corrected chi connectivity index (χ3v) is 5.57. The number of nitrogens with zero attached hydrogens (tertiary/aromatic N) is 3. The summed E-state index contributed by atoms with van der Waals surface area (Å²) in [6.45, 7) is 7.34. The maximum absolute atomic E-state index is 12.5. The number of carbonyl (C=O) groups is 1. The van der Waals surface area contributed by atoms with Crippen molar-refractivity contribution in [3.63, 3.8) is 0 Å². The van der Waals surface area contributed by atoms with Crippen LogP contribution >= 0.6 is 0 Å². The van der Waals surface area contributed by atoms with Gasteiger partial charge in [-0.25, -0.2) is 4.79 Å². The van der Waals surface area contributed by atoms with E-state index < -0.39 is 0 Å². The van der Waals surface area contributed by atoms with Crippen LogP contribution in [-0.2, 0) is 4.79 Å². The van der Waals surface area contributed by atoms with E-state index >= 15 is 0 Å². The van der Waals surface area contributed by atoms with Gasteiger partial charge >= 0.3 is 5.91 Å². The minimum Gasteiger partial charge on any atom is -0.390 e. The standard InChI is InChI=1S/C20H34N9O/c1-4-16(30)29(3)9-7-6-8-14(29)10-15(22)17-18(23)27-20(28-19(17)24)26-13(11-21)12-25-5-2/h4,12,14,22,25H,1,5-11,21H2,2-3H3,(H5,23,24,26,27,28)/q+1/b13-12+,22-15?. The molecule has 0 spiro atoms. The summed E-state index contributed by atoms with van der Waals surface area (Å²) in [4.78, 5) is 21.0. The summed E-state index contributed by atoms with van der Waals surface area (Å²) in [5, 5.41) is 14.7. The number of nitrogens with two attached hydrogens (primary N) is 3. The molecule has 2 atom stereocenters. The van der Waals surface area contributed by atoms with Crippen LogP contribution in [0, 0.1) is 5.41 Å². The van der Waals surface area contributed by atoms with Crippen LogP contribution in [0.5, 0.6) is 0 Å². The number of nitrogen functional groups attached to an aromatic ring is 2. The molecule has 9 N–H and O–H groups in total. The number of nitrogens with one attached hydrogen (secondary N) is 3. The zero-order valence-corrected chi connectivity index (χ0v) is 17.9. The lowest BCUT2D eigenvalue weighted by atomic mass is 9.92. The molecule has 0 bridgehead atoms. The van der Waals surface area contributed by atoms with Crippen molar-refractivity contribution in [2.75, 3.05) is 43.5 Å². The topological polar surface area (TPSA) is 169 Å². The lowest BCUT2D eigenvalue weighted by Crippen LogP contribution is -2.58. The monoisotopic (exact) mass is 416 g/mol. The highest BCUT2D eigenvalue weighted by Gasteiger charge is 2.41. The van der Waals surface area contributed by atoms with E-state index in [0.717, 1.165) is 32.4 Å². The molecule has 0 radical (unpaired) electrons. The predicted molar refractivity (Wildman–Crippen MR) is 121 cm³/mol. The van der Waals surface area contributed by atoms with Gasteiger partial charge in [0.05, 0.1) is 24.9 Å². The van der Waals surface area contributed by atoms with Crippen molar-refractivity contribution < 1.29 is 9.28 Å². The Hall–Kier alpha value is -2.98. The summed E-state index contributed by atoms with van der Waals surface area (Å²) in [6, 6.07) is -0.0414. The van der Waals surface area contributed by atoms with E-state index in [-0.39, 0.29) is 46.3 Å². The number of likely N-dealkylation sites (N-methyl/N-ethyl adjacent to an activating group) is 1. The molecule has 2 rings (SSSR count). The van der Waals surface area contributed by atoms with E-state index in [1.165, 1.54) is 6.08 Å². The van der Waals surface area contributed by atoms with Crippen LogP contribution in [0.2, 0.25) is 0 Å². The molecule has 0 saturated carbocycles. The van der Waals surface area contributed by atoms with E-state index in [2.05, 4.69) is 27.2 Å². The molecule has 1 fully saturated rings. The summed E-state index contributed by atoms with van der Waals surface area (Å²) < 4.78 is 0.237. The van der Waals surface area contributed by atoms with Crippen LogP contribution in [0.4, 0.5) is 17.6 Å². The number of anilines is 3. The fourth-order valence-corrected chi connectivity index (χ4v) is 3.80. The lowest BCUT2D eigenvalue weighted by Gasteiger charge is -2.41. The van der Waals surface area contributed by atoms with E-state index in [1.54, 1.807) is 6.20 Å². The number of likely N-dealkylation sites (tertiary alicyclic amines) is 1. The maximum Gasteiger partial charge on any atom is 0.338 e. The fourth-order valence-electron chi connectivity index (χ4n) is 3.80. The molecule has 1 aromatic heterocycles. The van der Waals surface area contributed by atoms with Crippen molar-refractivity contribution in [2.24, 2.45) is 5.73 Å². The quantitative estimate of drug-likeness (QED) is 0.196. The minimum absolute atomic E-state index is 0.0361. The van der Waals surface area contributed by atoms with Crippen LogP contribution < -0.4 is 27.8 Å². The van der Waals surface area contributed by atoms with Gasteiger partial charge in [0, 0.05) is 43.9 Å². The third-order valence-electron chi connectivity index (χ3n) is 5.57. The summed E-state index contributed by atoms with van der Waals surface area (Å²) in [5.41, 5.74) is 19.2. The van der Waals surface area contributed by atoms with Gasteiger partial charge in [-0.1, -0.05) is 6.58 Å². The van der Waals surface area contributed by atoms with Crippen molar-refractivity contribution in [3.05, 3.63) is 30.1 Å². The van der Waals surface area contributed by atoms with Gasteiger partial charge in [0.15, 0.2) is 0 Å². The van der Waals surface area contributed by atoms with Gasteiger partial charge in [-0.15, -0.1) is 0 Å². The van der Waals surface area contributed by atoms with Crippen molar-refractivity contribution in [3.8, 4) is 0 Å². The zero-order valence-electron chi connectivity index (χ0n) is 17.9. The van der Waals surface area contributed by atoms with Crippen molar-refractivity contribution >= 4 is 29.2 Å². The molecule has 1 saturated heterocycles. The van der Waals surface area contributed by atoms with Crippen LogP contribution in [0.1, 0.15) is 38.2 Å². The average molecular weight is 417 g/mol. The number of aromatic nitrogens is 2. The van der Waals surface area contributed by atoms with Crippen LogP contribution in [0.3, 0.4) is 0 Å². The lowest BCUT2D eigenvalue weighted by molar-refractivity contribution is -0.863. The number of piperidine rings is 1. The number of rotatable bonds is 9. The SMILES string of the molecule is C=CC(=O)[N+]1(C)CCCCC1CC(=N)c1c(N)nc(N/C(=C/NCC)CN)nc1N. The van der Waals surface area contributed by atoms with Gasteiger partial charge in [-0.05, 0) is 19.8 Å². The third kappa shape index (κ3) is 5.14. The van der Waals surface area contributed by atoms with E-state index in [9.17, 15) is 4.79 Å². The first-order valence-corrected chi connectivity index (χ1v) is 10.2. The molecular weight excluding hydrogens is 382 g/mol. The average Bonchev–Trinajstić information content (AvgIpc) is 2.71. The number of carbonyl (C=O) groups excluding carboxylic acids is 1. The molecule has 0 aromatic carbocycles. The second-order valence-corrected chi connectivity index (χ2v) is 7.62. The smallest absolute Gasteiger partial charge is 0.338 e. The minimum atomic E-state index is -0.0414. The Kier molecular flexibility index (Phi) is 7.90. The summed E-state index contributed by atoms with van der Waals surface area (Å²) in [7, 11) is 1.91. The predicted octanol–water partition coefficient (Wildman–Crippen LogP) is 0.932. The largest absolute Gasteiger partial charge is 0.390 e. The van der Waals surface area contributed by atoms with Gasteiger partial charge in [0.25, 0.3) is 0 Å². The summed E-state index contributed by atoms with van der Waals surface area (Å²) in [5.74, 6) is 0.423. The highest BCUT2D eigenvalue weighted by Crippen LogP contribution is 2.30. The number of quaternary nitrogens is 1. The summed E-state index contributed by atoms with van der Waals surface area (Å²) in [6.07, 6.45) is 6.29.